The van der Waals surface area contributed by atoms with Crippen molar-refractivity contribution in [2.75, 3.05) is 32.1 Å². The minimum Gasteiger partial charge on any atom is -0.481 e. The molecule has 1 fully saturated rings. The molecule has 1 aliphatic heterocycles. The summed E-state index contributed by atoms with van der Waals surface area (Å²) < 4.78 is 5.21. The monoisotopic (exact) mass is 313 g/mol. The summed E-state index contributed by atoms with van der Waals surface area (Å²) in [5, 5.41) is 0. The molecule has 0 N–H and O–H groups in total. The van der Waals surface area contributed by atoms with Gasteiger partial charge in [0.15, 0.2) is 0 Å². The summed E-state index contributed by atoms with van der Waals surface area (Å²) in [4.78, 5) is 17.6. The van der Waals surface area contributed by atoms with Crippen molar-refractivity contribution in [3.63, 3.8) is 0 Å². The molecule has 2 aromatic heterocycles. The van der Waals surface area contributed by atoms with Crippen LogP contribution in [0.3, 0.4) is 0 Å². The Labute approximate surface area is 137 Å². The highest BCUT2D eigenvalue weighted by Crippen LogP contribution is 2.20. The number of piperidine rings is 1. The van der Waals surface area contributed by atoms with Gasteiger partial charge in [0.25, 0.3) is 0 Å². The highest BCUT2D eigenvalue weighted by molar-refractivity contribution is 5.29. The zero-order valence-electron chi connectivity index (χ0n) is 13.7. The molecule has 2 aromatic rings. The highest BCUT2D eigenvalue weighted by atomic mass is 16.5. The number of methoxy groups -OCH3 is 1. The van der Waals surface area contributed by atoms with Crippen molar-refractivity contribution in [2.45, 2.75) is 25.4 Å². The minimum atomic E-state index is 0.440. The molecule has 23 heavy (non-hydrogen) atoms. The zero-order chi connectivity index (χ0) is 16.1. The predicted molar refractivity (Wildman–Crippen MR) is 89.5 cm³/mol. The van der Waals surface area contributed by atoms with E-state index in [2.05, 4.69) is 37.9 Å². The van der Waals surface area contributed by atoms with E-state index in [0.29, 0.717) is 11.9 Å². The quantitative estimate of drug-likeness (QED) is 0.841. The molecule has 1 atom stereocenters. The molecule has 0 aromatic carbocycles. The van der Waals surface area contributed by atoms with Gasteiger partial charge in [-0.05, 0) is 37.1 Å². The standard InChI is InChI=1S/C17H23N5O/c1-21(17-19-7-4-8-20-17)15-5-3-10-22(13-15)12-14-6-9-18-16(11-14)23-2/h4,6-9,11,15H,3,5,10,12-13H2,1-2H3. The molecule has 122 valence electrons. The number of pyridine rings is 1. The molecule has 0 bridgehead atoms. The Kier molecular flexibility index (Phi) is 5.02. The van der Waals surface area contributed by atoms with Gasteiger partial charge in [-0.3, -0.25) is 4.90 Å². The Hall–Kier alpha value is -2.21. The maximum absolute atomic E-state index is 5.21. The average molecular weight is 313 g/mol. The normalized spacial score (nSPS) is 18.6. The van der Waals surface area contributed by atoms with Crippen LogP contribution in [0.1, 0.15) is 18.4 Å². The molecule has 0 spiro atoms. The number of ether oxygens (including phenoxy) is 1. The first-order chi connectivity index (χ1) is 11.3. The number of likely N-dealkylation sites (tertiary alicyclic amines) is 1. The highest BCUT2D eigenvalue weighted by Gasteiger charge is 2.24. The first-order valence-corrected chi connectivity index (χ1v) is 7.97. The van der Waals surface area contributed by atoms with E-state index in [1.165, 1.54) is 18.4 Å². The second-order valence-corrected chi connectivity index (χ2v) is 5.90. The van der Waals surface area contributed by atoms with Crippen LogP contribution in [-0.4, -0.2) is 53.1 Å². The molecule has 0 aliphatic carbocycles. The fourth-order valence-electron chi connectivity index (χ4n) is 3.05. The number of hydrogen-bond acceptors (Lipinski definition) is 6. The summed E-state index contributed by atoms with van der Waals surface area (Å²) in [6, 6.07) is 6.35. The molecule has 3 heterocycles. The minimum absolute atomic E-state index is 0.440. The molecule has 6 nitrogen and oxygen atoms in total. The number of nitrogens with zero attached hydrogens (tertiary/aromatic N) is 5. The zero-order valence-corrected chi connectivity index (χ0v) is 13.7. The van der Waals surface area contributed by atoms with Gasteiger partial charge in [-0.1, -0.05) is 0 Å². The second kappa shape index (κ2) is 7.37. The molecule has 0 radical (unpaired) electrons. The fraction of sp³-hybridized carbons (Fsp3) is 0.471. The summed E-state index contributed by atoms with van der Waals surface area (Å²) in [6.07, 6.45) is 7.75. The van der Waals surface area contributed by atoms with Crippen LogP contribution >= 0.6 is 0 Å². The van der Waals surface area contributed by atoms with E-state index in [9.17, 15) is 0 Å². The first-order valence-electron chi connectivity index (χ1n) is 7.97. The third-order valence-electron chi connectivity index (χ3n) is 4.31. The number of hydrogen-bond donors (Lipinski definition) is 0. The van der Waals surface area contributed by atoms with Crippen molar-refractivity contribution < 1.29 is 4.74 Å². The van der Waals surface area contributed by atoms with Crippen molar-refractivity contribution in [2.24, 2.45) is 0 Å². The van der Waals surface area contributed by atoms with Gasteiger partial charge < -0.3 is 9.64 Å². The number of anilines is 1. The Balaban J connectivity index is 1.64. The molecule has 0 amide bonds. The summed E-state index contributed by atoms with van der Waals surface area (Å²) in [7, 11) is 3.73. The lowest BCUT2D eigenvalue weighted by Crippen LogP contribution is -2.46. The summed E-state index contributed by atoms with van der Waals surface area (Å²) in [6.45, 7) is 3.04. The third-order valence-corrected chi connectivity index (χ3v) is 4.31. The van der Waals surface area contributed by atoms with Crippen LogP contribution in [0.5, 0.6) is 5.88 Å². The van der Waals surface area contributed by atoms with Crippen LogP contribution in [0, 0.1) is 0 Å². The lowest BCUT2D eigenvalue weighted by Gasteiger charge is -2.37. The van der Waals surface area contributed by atoms with Crippen molar-refractivity contribution in [1.82, 2.24) is 19.9 Å². The molecule has 3 rings (SSSR count). The van der Waals surface area contributed by atoms with Crippen molar-refractivity contribution in [3.05, 3.63) is 42.4 Å². The van der Waals surface area contributed by atoms with Gasteiger partial charge >= 0.3 is 0 Å². The maximum atomic E-state index is 5.21. The van der Waals surface area contributed by atoms with Crippen LogP contribution in [0.4, 0.5) is 5.95 Å². The smallest absolute Gasteiger partial charge is 0.225 e. The van der Waals surface area contributed by atoms with E-state index in [-0.39, 0.29) is 0 Å². The Bertz CT molecular complexity index is 621. The molecular weight excluding hydrogens is 290 g/mol. The van der Waals surface area contributed by atoms with Crippen LogP contribution in [0.15, 0.2) is 36.8 Å². The molecular formula is C17H23N5O. The lowest BCUT2D eigenvalue weighted by atomic mass is 10.0. The molecule has 1 aliphatic rings. The van der Waals surface area contributed by atoms with Gasteiger partial charge in [0.05, 0.1) is 7.11 Å². The van der Waals surface area contributed by atoms with Gasteiger partial charge in [0, 0.05) is 50.8 Å². The lowest BCUT2D eigenvalue weighted by molar-refractivity contribution is 0.198. The fourth-order valence-corrected chi connectivity index (χ4v) is 3.05. The molecule has 6 heteroatoms. The molecule has 0 saturated carbocycles. The third kappa shape index (κ3) is 3.96. The topological polar surface area (TPSA) is 54.4 Å². The average Bonchev–Trinajstić information content (AvgIpc) is 2.62. The Morgan fingerprint density at radius 1 is 1.26 bits per heavy atom. The van der Waals surface area contributed by atoms with E-state index >= 15 is 0 Å². The van der Waals surface area contributed by atoms with E-state index in [4.69, 9.17) is 4.74 Å². The van der Waals surface area contributed by atoms with Crippen molar-refractivity contribution in [3.8, 4) is 5.88 Å². The number of rotatable bonds is 5. The van der Waals surface area contributed by atoms with Crippen LogP contribution in [-0.2, 0) is 6.54 Å². The Morgan fingerprint density at radius 2 is 2.09 bits per heavy atom. The van der Waals surface area contributed by atoms with Crippen LogP contribution in [0.25, 0.3) is 0 Å². The van der Waals surface area contributed by atoms with E-state index in [0.717, 1.165) is 25.6 Å². The summed E-state index contributed by atoms with van der Waals surface area (Å²) in [5.41, 5.74) is 1.23. The predicted octanol–water partition coefficient (Wildman–Crippen LogP) is 1.98. The van der Waals surface area contributed by atoms with Crippen molar-refractivity contribution >= 4 is 5.95 Å². The Morgan fingerprint density at radius 3 is 2.87 bits per heavy atom. The summed E-state index contributed by atoms with van der Waals surface area (Å²) in [5.74, 6) is 1.47. The van der Waals surface area contributed by atoms with Gasteiger partial charge in [0.2, 0.25) is 11.8 Å². The van der Waals surface area contributed by atoms with Gasteiger partial charge in [-0.25, -0.2) is 15.0 Å². The van der Waals surface area contributed by atoms with Crippen LogP contribution < -0.4 is 9.64 Å². The van der Waals surface area contributed by atoms with Gasteiger partial charge in [-0.2, -0.15) is 0 Å². The number of likely N-dealkylation sites (N-methyl/N-ethyl adjacent to an activating group) is 1. The first kappa shape index (κ1) is 15.7. The largest absolute Gasteiger partial charge is 0.481 e. The SMILES string of the molecule is COc1cc(CN2CCCC(N(C)c3ncccn3)C2)ccn1. The molecule has 1 saturated heterocycles. The van der Waals surface area contributed by atoms with Gasteiger partial charge in [-0.15, -0.1) is 0 Å². The maximum Gasteiger partial charge on any atom is 0.225 e. The van der Waals surface area contributed by atoms with E-state index in [1.807, 2.05) is 12.1 Å². The van der Waals surface area contributed by atoms with E-state index < -0.39 is 0 Å². The van der Waals surface area contributed by atoms with Gasteiger partial charge in [0.1, 0.15) is 0 Å². The van der Waals surface area contributed by atoms with Crippen LogP contribution in [0.2, 0.25) is 0 Å². The second-order valence-electron chi connectivity index (χ2n) is 5.90. The van der Waals surface area contributed by atoms with E-state index in [1.54, 1.807) is 25.7 Å². The van der Waals surface area contributed by atoms with Crippen molar-refractivity contribution in [1.29, 1.82) is 0 Å². The molecule has 1 unspecified atom stereocenters. The summed E-state index contributed by atoms with van der Waals surface area (Å²) >= 11 is 0. The number of aromatic nitrogens is 3.